The molecule has 0 aliphatic rings. The van der Waals surface area contributed by atoms with Crippen molar-refractivity contribution < 1.29 is 14.1 Å². The third kappa shape index (κ3) is 6.61. The number of nitrogens with zero attached hydrogens (tertiary/aromatic N) is 2. The molecule has 0 saturated carbocycles. The average molecular weight is 268 g/mol. The summed E-state index contributed by atoms with van der Waals surface area (Å²) in [7, 11) is 1.58. The predicted molar refractivity (Wildman–Crippen MR) is 70.8 cm³/mol. The molecule has 0 aliphatic carbocycles. The van der Waals surface area contributed by atoms with Crippen molar-refractivity contribution in [3.8, 4) is 0 Å². The highest BCUT2D eigenvalue weighted by atomic mass is 19.1. The molecule has 0 radical (unpaired) electrons. The first-order valence-electron chi connectivity index (χ1n) is 6.01. The number of methoxy groups -OCH3 is 1. The second-order valence-corrected chi connectivity index (χ2v) is 4.11. The molecule has 0 spiro atoms. The summed E-state index contributed by atoms with van der Waals surface area (Å²) in [4.78, 5) is 14.3. The van der Waals surface area contributed by atoms with Crippen LogP contribution >= 0.6 is 0 Å². The summed E-state index contributed by atoms with van der Waals surface area (Å²) in [5.41, 5.74) is 0.768. The van der Waals surface area contributed by atoms with Crippen LogP contribution in [0.25, 0.3) is 0 Å². The van der Waals surface area contributed by atoms with E-state index < -0.39 is 0 Å². The number of hydrogen-bond acceptors (Lipinski definition) is 4. The van der Waals surface area contributed by atoms with Crippen molar-refractivity contribution in [1.29, 1.82) is 0 Å². The minimum absolute atomic E-state index is 0.116. The lowest BCUT2D eigenvalue weighted by Gasteiger charge is -2.09. The molecule has 1 aromatic rings. The Bertz CT molecular complexity index is 420. The zero-order valence-corrected chi connectivity index (χ0v) is 10.8. The lowest BCUT2D eigenvalue weighted by atomic mass is 10.1. The normalized spacial score (nSPS) is 12.7. The summed E-state index contributed by atoms with van der Waals surface area (Å²) in [5, 5.41) is 10.4. The highest BCUT2D eigenvalue weighted by molar-refractivity contribution is 5.79. The standard InChI is InChI=1S/C13H17FN2O3/c1-19-9-7-13(6-8-16(17)18)15-10-11-2-4-12(14)5-3-11/h2-5,10,13H,6-9H2,1H3/t13-/m0/s1. The molecule has 0 amide bonds. The first kappa shape index (κ1) is 15.2. The minimum atomic E-state index is -0.354. The first-order valence-corrected chi connectivity index (χ1v) is 6.01. The van der Waals surface area contributed by atoms with Gasteiger partial charge in [0.15, 0.2) is 0 Å². The van der Waals surface area contributed by atoms with Crippen molar-refractivity contribution >= 4 is 6.21 Å². The van der Waals surface area contributed by atoms with Gasteiger partial charge in [0.25, 0.3) is 0 Å². The van der Waals surface area contributed by atoms with Gasteiger partial charge in [0.2, 0.25) is 6.54 Å². The third-order valence-electron chi connectivity index (χ3n) is 2.60. The van der Waals surface area contributed by atoms with Crippen molar-refractivity contribution in [2.75, 3.05) is 20.3 Å². The Kier molecular flexibility index (Phi) is 6.67. The maximum Gasteiger partial charge on any atom is 0.205 e. The van der Waals surface area contributed by atoms with E-state index in [2.05, 4.69) is 4.99 Å². The molecule has 19 heavy (non-hydrogen) atoms. The molecule has 0 aliphatic heterocycles. The van der Waals surface area contributed by atoms with Crippen LogP contribution in [0.5, 0.6) is 0 Å². The van der Waals surface area contributed by atoms with Crippen LogP contribution in [0.4, 0.5) is 4.39 Å². The zero-order valence-electron chi connectivity index (χ0n) is 10.8. The maximum absolute atomic E-state index is 12.7. The Morgan fingerprint density at radius 1 is 1.42 bits per heavy atom. The van der Waals surface area contributed by atoms with Crippen molar-refractivity contribution in [1.82, 2.24) is 0 Å². The number of hydrogen-bond donors (Lipinski definition) is 0. The van der Waals surface area contributed by atoms with Crippen molar-refractivity contribution in [3.05, 3.63) is 45.8 Å². The van der Waals surface area contributed by atoms with Crippen LogP contribution in [-0.4, -0.2) is 37.4 Å². The Morgan fingerprint density at radius 3 is 2.68 bits per heavy atom. The van der Waals surface area contributed by atoms with Crippen LogP contribution < -0.4 is 0 Å². The summed E-state index contributed by atoms with van der Waals surface area (Å²) in [5.74, 6) is -0.304. The second-order valence-electron chi connectivity index (χ2n) is 4.11. The molecule has 0 saturated heterocycles. The smallest absolute Gasteiger partial charge is 0.205 e. The van der Waals surface area contributed by atoms with Gasteiger partial charge in [-0.05, 0) is 24.1 Å². The lowest BCUT2D eigenvalue weighted by Crippen LogP contribution is -2.14. The number of ether oxygens (including phenoxy) is 1. The van der Waals surface area contributed by atoms with E-state index >= 15 is 0 Å². The Labute approximate surface area is 111 Å². The van der Waals surface area contributed by atoms with Crippen LogP contribution in [0.15, 0.2) is 29.3 Å². The summed E-state index contributed by atoms with van der Waals surface area (Å²) in [6.07, 6.45) is 2.61. The van der Waals surface area contributed by atoms with Crippen molar-refractivity contribution in [2.45, 2.75) is 18.9 Å². The highest BCUT2D eigenvalue weighted by Crippen LogP contribution is 2.06. The van der Waals surface area contributed by atoms with E-state index in [9.17, 15) is 14.5 Å². The zero-order chi connectivity index (χ0) is 14.1. The van der Waals surface area contributed by atoms with E-state index in [0.29, 0.717) is 19.4 Å². The number of nitro groups is 1. The van der Waals surface area contributed by atoms with E-state index in [0.717, 1.165) is 5.56 Å². The first-order chi connectivity index (χ1) is 9.11. The van der Waals surface area contributed by atoms with E-state index in [1.165, 1.54) is 12.1 Å². The predicted octanol–water partition coefficient (Wildman–Crippen LogP) is 2.32. The van der Waals surface area contributed by atoms with Gasteiger partial charge in [-0.1, -0.05) is 12.1 Å². The third-order valence-corrected chi connectivity index (χ3v) is 2.60. The van der Waals surface area contributed by atoms with Gasteiger partial charge in [-0.3, -0.25) is 15.1 Å². The summed E-state index contributed by atoms with van der Waals surface area (Å²) in [6, 6.07) is 5.76. The molecule has 6 heteroatoms. The largest absolute Gasteiger partial charge is 0.385 e. The highest BCUT2D eigenvalue weighted by Gasteiger charge is 2.09. The van der Waals surface area contributed by atoms with Crippen LogP contribution in [0.2, 0.25) is 0 Å². The van der Waals surface area contributed by atoms with Crippen LogP contribution in [-0.2, 0) is 4.74 Å². The Morgan fingerprint density at radius 2 is 2.11 bits per heavy atom. The molecule has 0 heterocycles. The number of rotatable bonds is 8. The van der Waals surface area contributed by atoms with Gasteiger partial charge in [-0.25, -0.2) is 4.39 Å². The van der Waals surface area contributed by atoms with Gasteiger partial charge in [0, 0.05) is 31.3 Å². The number of benzene rings is 1. The van der Waals surface area contributed by atoms with E-state index in [1.54, 1.807) is 25.5 Å². The van der Waals surface area contributed by atoms with Crippen LogP contribution in [0.3, 0.4) is 0 Å². The molecule has 0 unspecified atom stereocenters. The van der Waals surface area contributed by atoms with E-state index in [-0.39, 0.29) is 23.3 Å². The van der Waals surface area contributed by atoms with Gasteiger partial charge in [0.05, 0.1) is 6.04 Å². The van der Waals surface area contributed by atoms with E-state index in [4.69, 9.17) is 4.74 Å². The quantitative estimate of drug-likeness (QED) is 0.413. The maximum atomic E-state index is 12.7. The molecular weight excluding hydrogens is 251 g/mol. The SMILES string of the molecule is COCC[C@H](CC[N+](=O)[O-])N=Cc1ccc(F)cc1. The fraction of sp³-hybridized carbons (Fsp3) is 0.462. The summed E-state index contributed by atoms with van der Waals surface area (Å²) < 4.78 is 17.7. The van der Waals surface area contributed by atoms with Crippen molar-refractivity contribution in [2.24, 2.45) is 4.99 Å². The minimum Gasteiger partial charge on any atom is -0.385 e. The fourth-order valence-corrected chi connectivity index (χ4v) is 1.54. The van der Waals surface area contributed by atoms with E-state index in [1.807, 2.05) is 0 Å². The molecule has 5 nitrogen and oxygen atoms in total. The molecule has 104 valence electrons. The molecule has 1 atom stereocenters. The van der Waals surface area contributed by atoms with Crippen LogP contribution in [0, 0.1) is 15.9 Å². The molecule has 1 aromatic carbocycles. The van der Waals surface area contributed by atoms with Gasteiger partial charge in [-0.2, -0.15) is 0 Å². The average Bonchev–Trinajstić information content (AvgIpc) is 2.39. The topological polar surface area (TPSA) is 64.7 Å². The molecule has 0 aromatic heterocycles. The monoisotopic (exact) mass is 268 g/mol. The molecular formula is C13H17FN2O3. The van der Waals surface area contributed by atoms with Gasteiger partial charge in [-0.15, -0.1) is 0 Å². The molecule has 0 N–H and O–H groups in total. The van der Waals surface area contributed by atoms with Gasteiger partial charge < -0.3 is 4.74 Å². The fourth-order valence-electron chi connectivity index (χ4n) is 1.54. The number of aliphatic imine (C=N–C) groups is 1. The Hall–Kier alpha value is -1.82. The van der Waals surface area contributed by atoms with Crippen LogP contribution in [0.1, 0.15) is 18.4 Å². The number of halogens is 1. The summed E-state index contributed by atoms with van der Waals surface area (Å²) >= 11 is 0. The van der Waals surface area contributed by atoms with Gasteiger partial charge >= 0.3 is 0 Å². The van der Waals surface area contributed by atoms with Gasteiger partial charge in [0.1, 0.15) is 5.82 Å². The lowest BCUT2D eigenvalue weighted by molar-refractivity contribution is -0.480. The van der Waals surface area contributed by atoms with Crippen molar-refractivity contribution in [3.63, 3.8) is 0 Å². The second kappa shape index (κ2) is 8.31. The summed E-state index contributed by atoms with van der Waals surface area (Å²) in [6.45, 7) is 0.387. The molecule has 1 rings (SSSR count). The Balaban J connectivity index is 2.58. The molecule has 0 bridgehead atoms. The molecule has 0 fully saturated rings.